The third-order valence-electron chi connectivity index (χ3n) is 3.42. The normalized spacial score (nSPS) is 10.7. The van der Waals surface area contributed by atoms with Gasteiger partial charge >= 0.3 is 0 Å². The number of nitro groups is 1. The fourth-order valence-corrected chi connectivity index (χ4v) is 2.16. The van der Waals surface area contributed by atoms with Crippen molar-refractivity contribution in [1.82, 2.24) is 10.6 Å². The fourth-order valence-electron chi connectivity index (χ4n) is 2.16. The van der Waals surface area contributed by atoms with Crippen molar-refractivity contribution in [3.8, 4) is 0 Å². The molecule has 0 spiro atoms. The van der Waals surface area contributed by atoms with Crippen LogP contribution >= 0.6 is 24.0 Å². The smallest absolute Gasteiger partial charge is 0.269 e. The van der Waals surface area contributed by atoms with Gasteiger partial charge in [-0.1, -0.05) is 24.3 Å². The number of aliphatic imine (C=N–C) groups is 1. The van der Waals surface area contributed by atoms with Crippen LogP contribution < -0.4 is 10.6 Å². The SMILES string of the molecule is CN=C(NCCc1ccc(F)cc1)NCc1cccc([N+](=O)[O-])c1.I. The topological polar surface area (TPSA) is 79.6 Å². The summed E-state index contributed by atoms with van der Waals surface area (Å²) in [5, 5.41) is 17.0. The molecule has 0 amide bonds. The number of hydrogen-bond donors (Lipinski definition) is 2. The summed E-state index contributed by atoms with van der Waals surface area (Å²) in [6.45, 7) is 1.07. The van der Waals surface area contributed by atoms with E-state index < -0.39 is 4.92 Å². The van der Waals surface area contributed by atoms with Gasteiger partial charge < -0.3 is 10.6 Å². The van der Waals surface area contributed by atoms with Crippen LogP contribution in [0.4, 0.5) is 10.1 Å². The van der Waals surface area contributed by atoms with Crippen LogP contribution in [-0.2, 0) is 13.0 Å². The number of guanidine groups is 1. The van der Waals surface area contributed by atoms with Gasteiger partial charge in [0.2, 0.25) is 0 Å². The lowest BCUT2D eigenvalue weighted by molar-refractivity contribution is -0.384. The first-order valence-corrected chi connectivity index (χ1v) is 7.51. The lowest BCUT2D eigenvalue weighted by atomic mass is 10.1. The summed E-state index contributed by atoms with van der Waals surface area (Å²) in [5.74, 6) is 0.352. The molecule has 0 bridgehead atoms. The van der Waals surface area contributed by atoms with Crippen molar-refractivity contribution in [2.24, 2.45) is 4.99 Å². The van der Waals surface area contributed by atoms with Crippen LogP contribution in [0.2, 0.25) is 0 Å². The number of non-ortho nitro benzene ring substituents is 1. The van der Waals surface area contributed by atoms with Crippen molar-refractivity contribution in [2.75, 3.05) is 13.6 Å². The molecule has 0 saturated carbocycles. The minimum atomic E-state index is -0.417. The highest BCUT2D eigenvalue weighted by Crippen LogP contribution is 2.12. The average molecular weight is 458 g/mol. The Hall–Kier alpha value is -2.23. The standard InChI is InChI=1S/C17H19FN4O2.HI/c1-19-17(20-10-9-13-5-7-15(18)8-6-13)21-12-14-3-2-4-16(11-14)22(23)24;/h2-8,11H,9-10,12H2,1H3,(H2,19,20,21);1H. The number of benzene rings is 2. The molecule has 8 heteroatoms. The molecule has 0 saturated heterocycles. The van der Waals surface area contributed by atoms with Crippen LogP contribution in [0, 0.1) is 15.9 Å². The van der Waals surface area contributed by atoms with E-state index in [1.54, 1.807) is 25.2 Å². The number of nitrogens with one attached hydrogen (secondary N) is 2. The molecule has 0 aliphatic heterocycles. The molecule has 2 aromatic carbocycles. The monoisotopic (exact) mass is 458 g/mol. The summed E-state index contributed by atoms with van der Waals surface area (Å²) < 4.78 is 12.8. The van der Waals surface area contributed by atoms with Crippen molar-refractivity contribution >= 4 is 35.6 Å². The van der Waals surface area contributed by atoms with E-state index in [4.69, 9.17) is 0 Å². The maximum atomic E-state index is 12.8. The molecule has 2 rings (SSSR count). The van der Waals surface area contributed by atoms with Crippen LogP contribution in [0.5, 0.6) is 0 Å². The number of nitro benzene ring substituents is 1. The average Bonchev–Trinajstić information content (AvgIpc) is 2.59. The second-order valence-electron chi connectivity index (χ2n) is 5.16. The summed E-state index contributed by atoms with van der Waals surface area (Å²) in [6, 6.07) is 12.8. The summed E-state index contributed by atoms with van der Waals surface area (Å²) in [7, 11) is 1.65. The van der Waals surface area contributed by atoms with Crippen molar-refractivity contribution in [2.45, 2.75) is 13.0 Å². The van der Waals surface area contributed by atoms with E-state index in [0.717, 1.165) is 17.5 Å². The summed E-state index contributed by atoms with van der Waals surface area (Å²) in [4.78, 5) is 14.5. The number of halogens is 2. The Morgan fingerprint density at radius 1 is 1.16 bits per heavy atom. The zero-order valence-corrected chi connectivity index (χ0v) is 16.1. The third-order valence-corrected chi connectivity index (χ3v) is 3.42. The molecule has 6 nitrogen and oxygen atoms in total. The molecule has 134 valence electrons. The molecule has 0 unspecified atom stereocenters. The lowest BCUT2D eigenvalue weighted by Gasteiger charge is -2.12. The van der Waals surface area contributed by atoms with E-state index >= 15 is 0 Å². The third kappa shape index (κ3) is 7.04. The Kier molecular flexibility index (Phi) is 8.82. The highest BCUT2D eigenvalue weighted by atomic mass is 127. The predicted molar refractivity (Wildman–Crippen MR) is 107 cm³/mol. The quantitative estimate of drug-likeness (QED) is 0.229. The first kappa shape index (κ1) is 20.8. The summed E-state index contributed by atoms with van der Waals surface area (Å²) in [5.41, 5.74) is 1.89. The Balaban J connectivity index is 0.00000312. The van der Waals surface area contributed by atoms with Gasteiger partial charge in [0.15, 0.2) is 5.96 Å². The van der Waals surface area contributed by atoms with Crippen LogP contribution in [0.3, 0.4) is 0 Å². The maximum Gasteiger partial charge on any atom is 0.269 e. The van der Waals surface area contributed by atoms with Gasteiger partial charge in [0.05, 0.1) is 4.92 Å². The van der Waals surface area contributed by atoms with Gasteiger partial charge in [-0.3, -0.25) is 15.1 Å². The number of rotatable bonds is 6. The molecule has 2 aromatic rings. The number of hydrogen-bond acceptors (Lipinski definition) is 3. The van der Waals surface area contributed by atoms with Crippen molar-refractivity contribution < 1.29 is 9.31 Å². The minimum absolute atomic E-state index is 0. The van der Waals surface area contributed by atoms with E-state index in [1.807, 2.05) is 6.07 Å². The highest BCUT2D eigenvalue weighted by molar-refractivity contribution is 14.0. The Morgan fingerprint density at radius 3 is 2.52 bits per heavy atom. The van der Waals surface area contributed by atoms with Gasteiger partial charge in [0, 0.05) is 32.3 Å². The van der Waals surface area contributed by atoms with Crippen LogP contribution in [0.25, 0.3) is 0 Å². The molecule has 0 fully saturated rings. The van der Waals surface area contributed by atoms with Crippen LogP contribution in [0.1, 0.15) is 11.1 Å². The van der Waals surface area contributed by atoms with Gasteiger partial charge in [-0.15, -0.1) is 24.0 Å². The van der Waals surface area contributed by atoms with Gasteiger partial charge in [-0.2, -0.15) is 0 Å². The Morgan fingerprint density at radius 2 is 1.88 bits per heavy atom. The highest BCUT2D eigenvalue weighted by Gasteiger charge is 2.06. The molecule has 0 aromatic heterocycles. The molecule has 0 aliphatic carbocycles. The minimum Gasteiger partial charge on any atom is -0.356 e. The number of nitrogens with zero attached hydrogens (tertiary/aromatic N) is 2. The predicted octanol–water partition coefficient (Wildman–Crippen LogP) is 3.26. The van der Waals surface area contributed by atoms with Crippen molar-refractivity contribution in [3.05, 3.63) is 75.6 Å². The van der Waals surface area contributed by atoms with E-state index in [1.165, 1.54) is 24.3 Å². The lowest BCUT2D eigenvalue weighted by Crippen LogP contribution is -2.37. The molecule has 0 radical (unpaired) electrons. The van der Waals surface area contributed by atoms with Gasteiger partial charge in [0.25, 0.3) is 5.69 Å². The first-order chi connectivity index (χ1) is 11.6. The van der Waals surface area contributed by atoms with Gasteiger partial charge in [0.1, 0.15) is 5.82 Å². The Bertz CT molecular complexity index is 723. The molecule has 0 heterocycles. The van der Waals surface area contributed by atoms with E-state index in [2.05, 4.69) is 15.6 Å². The summed E-state index contributed by atoms with van der Waals surface area (Å²) >= 11 is 0. The Labute approximate surface area is 162 Å². The zero-order valence-electron chi connectivity index (χ0n) is 13.7. The molecule has 2 N–H and O–H groups in total. The van der Waals surface area contributed by atoms with Crippen molar-refractivity contribution in [3.63, 3.8) is 0 Å². The van der Waals surface area contributed by atoms with Crippen LogP contribution in [-0.4, -0.2) is 24.5 Å². The second-order valence-corrected chi connectivity index (χ2v) is 5.16. The molecule has 25 heavy (non-hydrogen) atoms. The molecule has 0 aliphatic rings. The summed E-state index contributed by atoms with van der Waals surface area (Å²) in [6.07, 6.45) is 0.734. The van der Waals surface area contributed by atoms with E-state index in [-0.39, 0.29) is 35.5 Å². The molecule has 0 atom stereocenters. The van der Waals surface area contributed by atoms with E-state index in [0.29, 0.717) is 19.0 Å². The van der Waals surface area contributed by atoms with Gasteiger partial charge in [-0.25, -0.2) is 4.39 Å². The zero-order chi connectivity index (χ0) is 17.4. The van der Waals surface area contributed by atoms with Crippen LogP contribution in [0.15, 0.2) is 53.5 Å². The van der Waals surface area contributed by atoms with E-state index in [9.17, 15) is 14.5 Å². The largest absolute Gasteiger partial charge is 0.356 e. The second kappa shape index (κ2) is 10.6. The van der Waals surface area contributed by atoms with Crippen molar-refractivity contribution in [1.29, 1.82) is 0 Å². The maximum absolute atomic E-state index is 12.8. The molecular formula is C17H20FIN4O2. The van der Waals surface area contributed by atoms with Gasteiger partial charge in [-0.05, 0) is 29.7 Å². The first-order valence-electron chi connectivity index (χ1n) is 7.51. The molecular weight excluding hydrogens is 438 g/mol. The fraction of sp³-hybridized carbons (Fsp3) is 0.235.